The Morgan fingerprint density at radius 3 is 2.75 bits per heavy atom. The fraction of sp³-hybridized carbons (Fsp3) is 0.846. The van der Waals surface area contributed by atoms with E-state index < -0.39 is 0 Å². The van der Waals surface area contributed by atoms with Crippen LogP contribution in [0.2, 0.25) is 0 Å². The largest absolute Gasteiger partial charge is 0.376 e. The van der Waals surface area contributed by atoms with Crippen molar-refractivity contribution in [2.24, 2.45) is 11.7 Å². The lowest BCUT2D eigenvalue weighted by atomic mass is 9.95. The Hall–Kier alpha value is -0.380. The SMILES string of the molecule is C=C(C)COCCNC(C)(CN)CC1CC1. The number of hydrogen-bond acceptors (Lipinski definition) is 3. The minimum absolute atomic E-state index is 0.0910. The molecule has 0 radical (unpaired) electrons. The van der Waals surface area contributed by atoms with Crippen LogP contribution in [0.25, 0.3) is 0 Å². The van der Waals surface area contributed by atoms with Gasteiger partial charge < -0.3 is 15.8 Å². The van der Waals surface area contributed by atoms with E-state index >= 15 is 0 Å². The van der Waals surface area contributed by atoms with E-state index in [0.717, 1.165) is 24.6 Å². The molecule has 0 heterocycles. The highest BCUT2D eigenvalue weighted by Crippen LogP contribution is 2.36. The maximum absolute atomic E-state index is 5.83. The Labute approximate surface area is 99.4 Å². The summed E-state index contributed by atoms with van der Waals surface area (Å²) in [7, 11) is 0. The van der Waals surface area contributed by atoms with Gasteiger partial charge in [0.15, 0.2) is 0 Å². The quantitative estimate of drug-likeness (QED) is 0.464. The highest BCUT2D eigenvalue weighted by atomic mass is 16.5. The van der Waals surface area contributed by atoms with Crippen molar-refractivity contribution in [1.82, 2.24) is 5.32 Å². The fourth-order valence-corrected chi connectivity index (χ4v) is 1.86. The molecule has 1 aliphatic rings. The third kappa shape index (κ3) is 5.64. The van der Waals surface area contributed by atoms with E-state index in [4.69, 9.17) is 10.5 Å². The van der Waals surface area contributed by atoms with Gasteiger partial charge in [-0.15, -0.1) is 0 Å². The molecule has 0 aliphatic heterocycles. The second-order valence-electron chi connectivity index (χ2n) is 5.35. The van der Waals surface area contributed by atoms with Gasteiger partial charge >= 0.3 is 0 Å². The zero-order chi connectivity index (χ0) is 12.0. The monoisotopic (exact) mass is 226 g/mol. The second kappa shape index (κ2) is 6.38. The molecule has 94 valence electrons. The Morgan fingerprint density at radius 1 is 1.56 bits per heavy atom. The summed E-state index contributed by atoms with van der Waals surface area (Å²) in [6.45, 7) is 10.9. The van der Waals surface area contributed by atoms with Gasteiger partial charge in [0.05, 0.1) is 13.2 Å². The van der Waals surface area contributed by atoms with E-state index in [1.165, 1.54) is 19.3 Å². The lowest BCUT2D eigenvalue weighted by Crippen LogP contribution is -2.50. The van der Waals surface area contributed by atoms with Crippen molar-refractivity contribution in [3.05, 3.63) is 12.2 Å². The Balaban J connectivity index is 2.09. The van der Waals surface area contributed by atoms with Crippen LogP contribution in [0.15, 0.2) is 12.2 Å². The van der Waals surface area contributed by atoms with Crippen LogP contribution in [-0.4, -0.2) is 31.8 Å². The van der Waals surface area contributed by atoms with Crippen LogP contribution in [0.4, 0.5) is 0 Å². The summed E-state index contributed by atoms with van der Waals surface area (Å²) in [5.41, 5.74) is 6.99. The van der Waals surface area contributed by atoms with E-state index in [9.17, 15) is 0 Å². The summed E-state index contributed by atoms with van der Waals surface area (Å²) in [5, 5.41) is 3.51. The fourth-order valence-electron chi connectivity index (χ4n) is 1.86. The number of nitrogens with one attached hydrogen (secondary N) is 1. The van der Waals surface area contributed by atoms with E-state index in [0.29, 0.717) is 13.2 Å². The lowest BCUT2D eigenvalue weighted by Gasteiger charge is -2.29. The van der Waals surface area contributed by atoms with Gasteiger partial charge in [0.2, 0.25) is 0 Å². The average molecular weight is 226 g/mol. The van der Waals surface area contributed by atoms with Crippen molar-refractivity contribution >= 4 is 0 Å². The standard InChI is InChI=1S/C13H26N2O/c1-11(2)9-16-7-6-15-13(3,10-14)8-12-4-5-12/h12,15H,1,4-10,14H2,2-3H3. The topological polar surface area (TPSA) is 47.3 Å². The van der Waals surface area contributed by atoms with Crippen molar-refractivity contribution in [3.8, 4) is 0 Å². The van der Waals surface area contributed by atoms with E-state index in [1.54, 1.807) is 0 Å². The summed E-state index contributed by atoms with van der Waals surface area (Å²) in [6.07, 6.45) is 3.96. The van der Waals surface area contributed by atoms with Crippen LogP contribution in [0, 0.1) is 5.92 Å². The van der Waals surface area contributed by atoms with Crippen molar-refractivity contribution < 1.29 is 4.74 Å². The van der Waals surface area contributed by atoms with Gasteiger partial charge in [0, 0.05) is 18.6 Å². The van der Waals surface area contributed by atoms with Crippen LogP contribution in [0.5, 0.6) is 0 Å². The van der Waals surface area contributed by atoms with Gasteiger partial charge in [-0.2, -0.15) is 0 Å². The molecule has 3 heteroatoms. The third-order valence-corrected chi connectivity index (χ3v) is 3.03. The molecule has 1 aliphatic carbocycles. The Bertz CT molecular complexity index is 226. The summed E-state index contributed by atoms with van der Waals surface area (Å²) in [4.78, 5) is 0. The molecule has 1 fully saturated rings. The van der Waals surface area contributed by atoms with Crippen molar-refractivity contribution in [2.45, 2.75) is 38.6 Å². The van der Waals surface area contributed by atoms with Gasteiger partial charge in [-0.05, 0) is 26.2 Å². The Morgan fingerprint density at radius 2 is 2.25 bits per heavy atom. The van der Waals surface area contributed by atoms with Crippen LogP contribution >= 0.6 is 0 Å². The number of ether oxygens (including phenoxy) is 1. The van der Waals surface area contributed by atoms with Crippen molar-refractivity contribution in [3.63, 3.8) is 0 Å². The first-order valence-corrected chi connectivity index (χ1v) is 6.23. The molecule has 0 aromatic carbocycles. The minimum Gasteiger partial charge on any atom is -0.376 e. The van der Waals surface area contributed by atoms with Crippen LogP contribution < -0.4 is 11.1 Å². The summed E-state index contributed by atoms with van der Waals surface area (Å²) in [6, 6.07) is 0. The molecule has 1 unspecified atom stereocenters. The predicted molar refractivity (Wildman–Crippen MR) is 68.4 cm³/mol. The molecule has 16 heavy (non-hydrogen) atoms. The molecule has 3 N–H and O–H groups in total. The molecule has 0 amide bonds. The minimum atomic E-state index is 0.0910. The summed E-state index contributed by atoms with van der Waals surface area (Å²) >= 11 is 0. The van der Waals surface area contributed by atoms with E-state index in [1.807, 2.05) is 6.92 Å². The molecule has 1 rings (SSSR count). The number of hydrogen-bond donors (Lipinski definition) is 2. The first-order chi connectivity index (χ1) is 7.56. The number of rotatable bonds is 9. The molecule has 0 spiro atoms. The highest BCUT2D eigenvalue weighted by molar-refractivity contribution is 4.91. The van der Waals surface area contributed by atoms with E-state index in [2.05, 4.69) is 18.8 Å². The van der Waals surface area contributed by atoms with Gasteiger partial charge in [-0.25, -0.2) is 0 Å². The molecule has 1 atom stereocenters. The Kier molecular flexibility index (Phi) is 5.46. The first-order valence-electron chi connectivity index (χ1n) is 6.23. The van der Waals surface area contributed by atoms with Crippen molar-refractivity contribution in [1.29, 1.82) is 0 Å². The van der Waals surface area contributed by atoms with Crippen LogP contribution in [0.3, 0.4) is 0 Å². The molecule has 0 aromatic rings. The molecule has 3 nitrogen and oxygen atoms in total. The maximum Gasteiger partial charge on any atom is 0.0672 e. The van der Waals surface area contributed by atoms with Crippen molar-refractivity contribution in [2.75, 3.05) is 26.3 Å². The zero-order valence-electron chi connectivity index (χ0n) is 10.7. The second-order valence-corrected chi connectivity index (χ2v) is 5.35. The van der Waals surface area contributed by atoms with Gasteiger partial charge in [-0.1, -0.05) is 25.0 Å². The maximum atomic E-state index is 5.83. The third-order valence-electron chi connectivity index (χ3n) is 3.03. The highest BCUT2D eigenvalue weighted by Gasteiger charge is 2.31. The zero-order valence-corrected chi connectivity index (χ0v) is 10.7. The van der Waals surface area contributed by atoms with E-state index in [-0.39, 0.29) is 5.54 Å². The smallest absolute Gasteiger partial charge is 0.0672 e. The summed E-state index contributed by atoms with van der Waals surface area (Å²) < 4.78 is 5.45. The average Bonchev–Trinajstić information content (AvgIpc) is 3.01. The van der Waals surface area contributed by atoms with Gasteiger partial charge in [-0.3, -0.25) is 0 Å². The normalized spacial score (nSPS) is 19.4. The lowest BCUT2D eigenvalue weighted by molar-refractivity contribution is 0.147. The molecular weight excluding hydrogens is 200 g/mol. The first kappa shape index (κ1) is 13.7. The molecule has 0 saturated heterocycles. The van der Waals surface area contributed by atoms with Crippen LogP contribution in [0.1, 0.15) is 33.1 Å². The molecular formula is C13H26N2O. The molecule has 1 saturated carbocycles. The van der Waals surface area contributed by atoms with Gasteiger partial charge in [0.1, 0.15) is 0 Å². The molecule has 0 bridgehead atoms. The predicted octanol–water partition coefficient (Wildman–Crippen LogP) is 1.69. The summed E-state index contributed by atoms with van der Waals surface area (Å²) in [5.74, 6) is 0.900. The number of nitrogens with two attached hydrogens (primary N) is 1. The van der Waals surface area contributed by atoms with Crippen LogP contribution in [-0.2, 0) is 4.74 Å². The molecule has 0 aromatic heterocycles. The van der Waals surface area contributed by atoms with Gasteiger partial charge in [0.25, 0.3) is 0 Å².